The number of amides is 1. The van der Waals surface area contributed by atoms with Crippen LogP contribution >= 0.6 is 0 Å². The van der Waals surface area contributed by atoms with Crippen molar-refractivity contribution in [2.45, 2.75) is 40.0 Å². The van der Waals surface area contributed by atoms with Crippen LogP contribution in [0.1, 0.15) is 40.0 Å². The van der Waals surface area contributed by atoms with Crippen molar-refractivity contribution in [3.8, 4) is 0 Å². The zero-order chi connectivity index (χ0) is 14.1. The van der Waals surface area contributed by atoms with E-state index in [4.69, 9.17) is 0 Å². The van der Waals surface area contributed by atoms with Gasteiger partial charge in [0.25, 0.3) is 0 Å². The molecule has 3 atom stereocenters. The maximum atomic E-state index is 11.1. The first-order chi connectivity index (χ1) is 8.36. The van der Waals surface area contributed by atoms with Gasteiger partial charge in [-0.25, -0.2) is 4.79 Å². The summed E-state index contributed by atoms with van der Waals surface area (Å²) in [6.07, 6.45) is 7.43. The van der Waals surface area contributed by atoms with Gasteiger partial charge in [-0.05, 0) is 38.0 Å². The molecule has 0 saturated heterocycles. The number of primary amides is 1. The Labute approximate surface area is 110 Å². The molecule has 2 N–H and O–H groups in total. The van der Waals surface area contributed by atoms with Crippen LogP contribution in [0, 0.1) is 17.8 Å². The third-order valence-corrected chi connectivity index (χ3v) is 3.26. The highest BCUT2D eigenvalue weighted by Crippen LogP contribution is 2.26. The summed E-state index contributed by atoms with van der Waals surface area (Å²) in [5.41, 5.74) is 4.43. The van der Waals surface area contributed by atoms with Gasteiger partial charge >= 0.3 is 6.09 Å². The molecule has 0 saturated carbocycles. The Bertz CT molecular complexity index is 299. The van der Waals surface area contributed by atoms with E-state index in [1.165, 1.54) is 20.0 Å². The molecule has 1 rings (SSSR count). The predicted molar refractivity (Wildman–Crippen MR) is 72.1 cm³/mol. The summed E-state index contributed by atoms with van der Waals surface area (Å²) in [4.78, 5) is 20.4. The lowest BCUT2D eigenvalue weighted by molar-refractivity contribution is -0.120. The van der Waals surface area contributed by atoms with Gasteiger partial charge in [-0.15, -0.1) is 0 Å². The topological polar surface area (TPSA) is 69.4 Å². The van der Waals surface area contributed by atoms with E-state index in [1.54, 1.807) is 6.92 Å². The SMILES string of the molecule is CC(=O)C(C)CC1C=CC(C)CC1.COC(N)=O. The molecule has 4 heteroatoms. The molecular formula is C14H25NO3. The maximum Gasteiger partial charge on any atom is 0.404 e. The molecule has 1 aliphatic carbocycles. The summed E-state index contributed by atoms with van der Waals surface area (Å²) in [5.74, 6) is 1.95. The average molecular weight is 255 g/mol. The minimum Gasteiger partial charge on any atom is -0.453 e. The lowest BCUT2D eigenvalue weighted by Gasteiger charge is -2.22. The number of hydrogen-bond donors (Lipinski definition) is 1. The summed E-state index contributed by atoms with van der Waals surface area (Å²) in [5, 5.41) is 0. The van der Waals surface area contributed by atoms with Crippen molar-refractivity contribution in [3.05, 3.63) is 12.2 Å². The summed E-state index contributed by atoms with van der Waals surface area (Å²) in [6, 6.07) is 0. The summed E-state index contributed by atoms with van der Waals surface area (Å²) >= 11 is 0. The predicted octanol–water partition coefficient (Wildman–Crippen LogP) is 2.92. The van der Waals surface area contributed by atoms with E-state index in [1.807, 2.05) is 6.92 Å². The second kappa shape index (κ2) is 8.72. The number of methoxy groups -OCH3 is 1. The molecule has 0 fully saturated rings. The lowest BCUT2D eigenvalue weighted by Crippen LogP contribution is -2.14. The Morgan fingerprint density at radius 2 is 1.94 bits per heavy atom. The van der Waals surface area contributed by atoms with E-state index in [2.05, 4.69) is 29.5 Å². The van der Waals surface area contributed by atoms with Gasteiger partial charge in [-0.2, -0.15) is 0 Å². The molecule has 0 radical (unpaired) electrons. The number of allylic oxidation sites excluding steroid dienone is 2. The van der Waals surface area contributed by atoms with Crippen LogP contribution < -0.4 is 5.73 Å². The minimum atomic E-state index is -0.745. The molecule has 0 aromatic carbocycles. The Morgan fingerprint density at radius 1 is 1.39 bits per heavy atom. The van der Waals surface area contributed by atoms with Crippen molar-refractivity contribution in [2.75, 3.05) is 7.11 Å². The summed E-state index contributed by atoms with van der Waals surface area (Å²) in [6.45, 7) is 5.98. The number of ketones is 1. The molecular weight excluding hydrogens is 230 g/mol. The fraction of sp³-hybridized carbons (Fsp3) is 0.714. The minimum absolute atomic E-state index is 0.239. The molecule has 0 heterocycles. The second-order valence-corrected chi connectivity index (χ2v) is 4.97. The van der Waals surface area contributed by atoms with Crippen molar-refractivity contribution in [3.63, 3.8) is 0 Å². The van der Waals surface area contributed by atoms with Gasteiger partial charge < -0.3 is 10.5 Å². The quantitative estimate of drug-likeness (QED) is 0.788. The molecule has 0 aromatic rings. The molecule has 0 spiro atoms. The van der Waals surface area contributed by atoms with Gasteiger partial charge in [0, 0.05) is 5.92 Å². The Kier molecular flexibility index (Phi) is 8.08. The number of Topliss-reactive ketones (excluding diaryl/α,β-unsaturated/α-hetero) is 1. The smallest absolute Gasteiger partial charge is 0.404 e. The van der Waals surface area contributed by atoms with Crippen LogP contribution in [-0.2, 0) is 9.53 Å². The highest BCUT2D eigenvalue weighted by Gasteiger charge is 2.17. The number of hydrogen-bond acceptors (Lipinski definition) is 3. The third kappa shape index (κ3) is 7.87. The van der Waals surface area contributed by atoms with Crippen molar-refractivity contribution in [2.24, 2.45) is 23.5 Å². The molecule has 0 bridgehead atoms. The number of carbonyl (C=O) groups is 2. The first kappa shape index (κ1) is 16.7. The van der Waals surface area contributed by atoms with E-state index in [0.29, 0.717) is 11.7 Å². The molecule has 18 heavy (non-hydrogen) atoms. The first-order valence-electron chi connectivity index (χ1n) is 6.39. The molecule has 4 nitrogen and oxygen atoms in total. The van der Waals surface area contributed by atoms with Gasteiger partial charge in [0.15, 0.2) is 0 Å². The van der Waals surface area contributed by atoms with E-state index in [0.717, 1.165) is 12.3 Å². The Morgan fingerprint density at radius 3 is 2.28 bits per heavy atom. The van der Waals surface area contributed by atoms with Gasteiger partial charge in [0.05, 0.1) is 7.11 Å². The Balaban J connectivity index is 0.000000494. The Hall–Kier alpha value is -1.32. The van der Waals surface area contributed by atoms with Gasteiger partial charge in [0.2, 0.25) is 0 Å². The number of nitrogens with two attached hydrogens (primary N) is 1. The van der Waals surface area contributed by atoms with E-state index >= 15 is 0 Å². The van der Waals surface area contributed by atoms with Crippen LogP contribution in [0.2, 0.25) is 0 Å². The monoisotopic (exact) mass is 255 g/mol. The fourth-order valence-corrected chi connectivity index (χ4v) is 1.83. The van der Waals surface area contributed by atoms with Crippen molar-refractivity contribution < 1.29 is 14.3 Å². The van der Waals surface area contributed by atoms with E-state index in [-0.39, 0.29) is 5.92 Å². The molecule has 0 aliphatic heterocycles. The van der Waals surface area contributed by atoms with Crippen LogP contribution in [0.3, 0.4) is 0 Å². The van der Waals surface area contributed by atoms with Gasteiger partial charge in [0.1, 0.15) is 5.78 Å². The molecule has 1 aliphatic rings. The zero-order valence-electron chi connectivity index (χ0n) is 11.8. The van der Waals surface area contributed by atoms with Crippen LogP contribution in [0.4, 0.5) is 4.79 Å². The number of carbonyl (C=O) groups excluding carboxylic acids is 2. The normalized spacial score (nSPS) is 23.6. The van der Waals surface area contributed by atoms with E-state index in [9.17, 15) is 9.59 Å². The lowest BCUT2D eigenvalue weighted by atomic mass is 9.83. The fourth-order valence-electron chi connectivity index (χ4n) is 1.83. The standard InChI is InChI=1S/C12H20O.C2H5NO2/c1-9-4-6-12(7-5-9)8-10(2)11(3)13;1-5-2(3)4/h4,6,9-10,12H,5,7-8H2,1-3H3;1H3,(H2,3,4). The van der Waals surface area contributed by atoms with Gasteiger partial charge in [-0.1, -0.05) is 26.0 Å². The molecule has 1 amide bonds. The van der Waals surface area contributed by atoms with Crippen molar-refractivity contribution in [1.29, 1.82) is 0 Å². The summed E-state index contributed by atoms with van der Waals surface area (Å²) < 4.78 is 3.89. The maximum absolute atomic E-state index is 11.1. The summed E-state index contributed by atoms with van der Waals surface area (Å²) in [7, 11) is 1.22. The third-order valence-electron chi connectivity index (χ3n) is 3.26. The first-order valence-corrected chi connectivity index (χ1v) is 6.39. The van der Waals surface area contributed by atoms with Crippen molar-refractivity contribution >= 4 is 11.9 Å². The second-order valence-electron chi connectivity index (χ2n) is 4.97. The largest absolute Gasteiger partial charge is 0.453 e. The number of ether oxygens (including phenoxy) is 1. The van der Waals surface area contributed by atoms with Crippen LogP contribution in [-0.4, -0.2) is 19.0 Å². The van der Waals surface area contributed by atoms with Crippen LogP contribution in [0.5, 0.6) is 0 Å². The van der Waals surface area contributed by atoms with Crippen molar-refractivity contribution in [1.82, 2.24) is 0 Å². The van der Waals surface area contributed by atoms with E-state index < -0.39 is 6.09 Å². The van der Waals surface area contributed by atoms with Crippen LogP contribution in [0.15, 0.2) is 12.2 Å². The molecule has 0 aromatic heterocycles. The van der Waals surface area contributed by atoms with Gasteiger partial charge in [-0.3, -0.25) is 4.79 Å². The highest BCUT2D eigenvalue weighted by atomic mass is 16.5. The van der Waals surface area contributed by atoms with Crippen LogP contribution in [0.25, 0.3) is 0 Å². The average Bonchev–Trinajstić information content (AvgIpc) is 2.32. The molecule has 3 unspecified atom stereocenters. The molecule has 104 valence electrons. The zero-order valence-corrected chi connectivity index (χ0v) is 11.8. The highest BCUT2D eigenvalue weighted by molar-refractivity contribution is 5.77. The number of rotatable bonds is 3.